The van der Waals surface area contributed by atoms with Crippen molar-refractivity contribution in [2.45, 2.75) is 20.3 Å². The Hall–Kier alpha value is -1.09. The molecule has 0 N–H and O–H groups in total. The van der Waals surface area contributed by atoms with E-state index >= 15 is 0 Å². The Labute approximate surface area is 106 Å². The van der Waals surface area contributed by atoms with Gasteiger partial charge in [-0.15, -0.1) is 11.6 Å². The maximum absolute atomic E-state index is 13.2. The highest BCUT2D eigenvalue weighted by molar-refractivity contribution is 6.17. The second kappa shape index (κ2) is 6.60. The van der Waals surface area contributed by atoms with Gasteiger partial charge in [-0.05, 0) is 44.0 Å². The number of carbonyl (C=O) groups is 1. The molecule has 0 aliphatic rings. The summed E-state index contributed by atoms with van der Waals surface area (Å²) in [5, 5.41) is 0. The minimum atomic E-state index is -0.373. The molecule has 0 saturated heterocycles. The molecule has 0 bridgehead atoms. The van der Waals surface area contributed by atoms with Crippen molar-refractivity contribution < 1.29 is 9.18 Å². The second-order valence-corrected chi connectivity index (χ2v) is 4.32. The number of nitrogens with zero attached hydrogens (tertiary/aromatic N) is 1. The lowest BCUT2D eigenvalue weighted by Crippen LogP contribution is -2.32. The monoisotopic (exact) mass is 257 g/mol. The summed E-state index contributed by atoms with van der Waals surface area (Å²) in [6, 6.07) is 4.39. The predicted octanol–water partition coefficient (Wildman–Crippen LogP) is 3.23. The average molecular weight is 258 g/mol. The fourth-order valence-corrected chi connectivity index (χ4v) is 1.82. The lowest BCUT2D eigenvalue weighted by atomic mass is 10.1. The minimum absolute atomic E-state index is 0.139. The number of hydrogen-bond acceptors (Lipinski definition) is 1. The van der Waals surface area contributed by atoms with E-state index in [1.807, 2.05) is 6.92 Å². The third kappa shape index (κ3) is 4.00. The van der Waals surface area contributed by atoms with E-state index in [-0.39, 0.29) is 11.7 Å². The van der Waals surface area contributed by atoms with Crippen LogP contribution in [0.2, 0.25) is 0 Å². The maximum atomic E-state index is 13.2. The van der Waals surface area contributed by atoms with E-state index in [0.717, 1.165) is 12.0 Å². The summed E-state index contributed by atoms with van der Waals surface area (Å²) in [5.41, 5.74) is 1.15. The van der Waals surface area contributed by atoms with Gasteiger partial charge in [0.15, 0.2) is 0 Å². The van der Waals surface area contributed by atoms with Gasteiger partial charge in [-0.3, -0.25) is 4.79 Å². The zero-order chi connectivity index (χ0) is 12.8. The summed E-state index contributed by atoms with van der Waals surface area (Å²) in [7, 11) is 0. The van der Waals surface area contributed by atoms with Crippen LogP contribution >= 0.6 is 11.6 Å². The van der Waals surface area contributed by atoms with Crippen LogP contribution in [-0.2, 0) is 0 Å². The first kappa shape index (κ1) is 14.0. The van der Waals surface area contributed by atoms with Crippen LogP contribution in [0.15, 0.2) is 18.2 Å². The van der Waals surface area contributed by atoms with E-state index in [4.69, 9.17) is 11.6 Å². The highest BCUT2D eigenvalue weighted by Crippen LogP contribution is 2.11. The quantitative estimate of drug-likeness (QED) is 0.742. The highest BCUT2D eigenvalue weighted by atomic mass is 35.5. The van der Waals surface area contributed by atoms with E-state index in [0.29, 0.717) is 24.5 Å². The Morgan fingerprint density at radius 2 is 2.12 bits per heavy atom. The fraction of sp³-hybridized carbons (Fsp3) is 0.462. The molecule has 0 aliphatic carbocycles. The van der Waals surface area contributed by atoms with Crippen molar-refractivity contribution in [3.63, 3.8) is 0 Å². The second-order valence-electron chi connectivity index (χ2n) is 3.94. The number of rotatable bonds is 5. The van der Waals surface area contributed by atoms with Gasteiger partial charge in [0.05, 0.1) is 0 Å². The fourth-order valence-electron chi connectivity index (χ4n) is 1.70. The van der Waals surface area contributed by atoms with Gasteiger partial charge in [0, 0.05) is 24.5 Å². The molecule has 0 spiro atoms. The summed E-state index contributed by atoms with van der Waals surface area (Å²) in [4.78, 5) is 13.8. The van der Waals surface area contributed by atoms with Crippen molar-refractivity contribution in [3.8, 4) is 0 Å². The first-order valence-electron chi connectivity index (χ1n) is 5.71. The lowest BCUT2D eigenvalue weighted by Gasteiger charge is -2.20. The van der Waals surface area contributed by atoms with E-state index in [1.165, 1.54) is 12.1 Å². The minimum Gasteiger partial charge on any atom is -0.339 e. The van der Waals surface area contributed by atoms with Crippen LogP contribution in [0.3, 0.4) is 0 Å². The van der Waals surface area contributed by atoms with Gasteiger partial charge >= 0.3 is 0 Å². The molecule has 0 fully saturated rings. The third-order valence-corrected chi connectivity index (χ3v) is 2.79. The molecule has 2 nitrogen and oxygen atoms in total. The van der Waals surface area contributed by atoms with Gasteiger partial charge in [-0.2, -0.15) is 0 Å². The molecule has 17 heavy (non-hydrogen) atoms. The van der Waals surface area contributed by atoms with E-state index in [1.54, 1.807) is 17.9 Å². The van der Waals surface area contributed by atoms with Crippen LogP contribution in [0.1, 0.15) is 29.3 Å². The Morgan fingerprint density at radius 1 is 1.41 bits per heavy atom. The van der Waals surface area contributed by atoms with Gasteiger partial charge in [-0.25, -0.2) is 4.39 Å². The molecule has 0 aromatic heterocycles. The molecule has 94 valence electrons. The molecule has 0 saturated carbocycles. The molecule has 1 aromatic rings. The predicted molar refractivity (Wildman–Crippen MR) is 68.1 cm³/mol. The zero-order valence-electron chi connectivity index (χ0n) is 10.2. The van der Waals surface area contributed by atoms with Crippen LogP contribution in [0.4, 0.5) is 4.39 Å². The number of benzene rings is 1. The molecule has 0 heterocycles. The number of carbonyl (C=O) groups excluding carboxylic acids is 1. The summed E-state index contributed by atoms with van der Waals surface area (Å²) in [5.74, 6) is 0.00773. The molecule has 4 heteroatoms. The van der Waals surface area contributed by atoms with Crippen molar-refractivity contribution in [1.29, 1.82) is 0 Å². The third-order valence-electron chi connectivity index (χ3n) is 2.52. The van der Waals surface area contributed by atoms with E-state index in [9.17, 15) is 9.18 Å². The molecule has 1 rings (SSSR count). The number of hydrogen-bond donors (Lipinski definition) is 0. The number of amides is 1. The molecule has 0 unspecified atom stereocenters. The topological polar surface area (TPSA) is 20.3 Å². The summed E-state index contributed by atoms with van der Waals surface area (Å²) < 4.78 is 13.2. The summed E-state index contributed by atoms with van der Waals surface area (Å²) in [6.45, 7) is 4.88. The van der Waals surface area contributed by atoms with Crippen molar-refractivity contribution in [1.82, 2.24) is 4.90 Å². The van der Waals surface area contributed by atoms with Crippen molar-refractivity contribution >= 4 is 17.5 Å². The Bertz CT molecular complexity index is 375. The van der Waals surface area contributed by atoms with Crippen LogP contribution in [0.25, 0.3) is 0 Å². The van der Waals surface area contributed by atoms with Crippen molar-refractivity contribution in [3.05, 3.63) is 35.1 Å². The van der Waals surface area contributed by atoms with Gasteiger partial charge < -0.3 is 4.90 Å². The standard InChI is InChI=1S/C13H17ClFNO/c1-3-16(6-4-5-14)13(17)11-7-10(2)8-12(15)9-11/h7-9H,3-6H2,1-2H3. The first-order valence-corrected chi connectivity index (χ1v) is 6.24. The van der Waals surface area contributed by atoms with Gasteiger partial charge in [0.25, 0.3) is 5.91 Å². The van der Waals surface area contributed by atoms with Crippen LogP contribution in [0.5, 0.6) is 0 Å². The Balaban J connectivity index is 2.85. The highest BCUT2D eigenvalue weighted by Gasteiger charge is 2.14. The smallest absolute Gasteiger partial charge is 0.253 e. The summed E-state index contributed by atoms with van der Waals surface area (Å²) >= 11 is 5.61. The van der Waals surface area contributed by atoms with Gasteiger partial charge in [-0.1, -0.05) is 0 Å². The van der Waals surface area contributed by atoms with Gasteiger partial charge in [0.2, 0.25) is 0 Å². The molecule has 1 aromatic carbocycles. The molecule has 0 radical (unpaired) electrons. The van der Waals surface area contributed by atoms with E-state index in [2.05, 4.69) is 0 Å². The van der Waals surface area contributed by atoms with Crippen LogP contribution in [0, 0.1) is 12.7 Å². The van der Waals surface area contributed by atoms with E-state index < -0.39 is 0 Å². The van der Waals surface area contributed by atoms with Crippen molar-refractivity contribution in [2.75, 3.05) is 19.0 Å². The normalized spacial score (nSPS) is 10.4. The zero-order valence-corrected chi connectivity index (χ0v) is 10.9. The first-order chi connectivity index (χ1) is 8.08. The number of halogens is 2. The average Bonchev–Trinajstić information content (AvgIpc) is 2.28. The molecule has 1 amide bonds. The maximum Gasteiger partial charge on any atom is 0.253 e. The SMILES string of the molecule is CCN(CCCCl)C(=O)c1cc(C)cc(F)c1. The Morgan fingerprint density at radius 3 is 2.65 bits per heavy atom. The van der Waals surface area contributed by atoms with Crippen molar-refractivity contribution in [2.24, 2.45) is 0 Å². The largest absolute Gasteiger partial charge is 0.339 e. The number of alkyl halides is 1. The van der Waals surface area contributed by atoms with Gasteiger partial charge in [0.1, 0.15) is 5.82 Å². The molecule has 0 atom stereocenters. The lowest BCUT2D eigenvalue weighted by molar-refractivity contribution is 0.0764. The molecule has 0 aliphatic heterocycles. The summed E-state index contributed by atoms with van der Waals surface area (Å²) in [6.07, 6.45) is 0.745. The molecular formula is C13H17ClFNO. The van der Waals surface area contributed by atoms with Crippen LogP contribution < -0.4 is 0 Å². The Kier molecular flexibility index (Phi) is 5.42. The molecular weight excluding hydrogens is 241 g/mol. The van der Waals surface area contributed by atoms with Crippen LogP contribution in [-0.4, -0.2) is 29.8 Å². The number of aryl methyl sites for hydroxylation is 1.